The van der Waals surface area contributed by atoms with E-state index in [-0.39, 0.29) is 22.8 Å². The number of hydrogen-bond acceptors (Lipinski definition) is 4. The number of nitrogens with one attached hydrogen (secondary N) is 2. The zero-order chi connectivity index (χ0) is 17.3. The van der Waals surface area contributed by atoms with Gasteiger partial charge in [-0.3, -0.25) is 9.59 Å². The summed E-state index contributed by atoms with van der Waals surface area (Å²) < 4.78 is 0.134. The second-order valence-corrected chi connectivity index (χ2v) is 5.67. The number of carboxylic acid groups (broad SMARTS) is 1. The Morgan fingerprint density at radius 2 is 1.32 bits per heavy atom. The average Bonchev–Trinajstić information content (AvgIpc) is 2.36. The van der Waals surface area contributed by atoms with Crippen LogP contribution < -0.4 is 15.7 Å². The van der Waals surface area contributed by atoms with Gasteiger partial charge in [0.1, 0.15) is 6.54 Å². The summed E-state index contributed by atoms with van der Waals surface area (Å²) in [5.74, 6) is -1.72. The lowest BCUT2D eigenvalue weighted by Crippen LogP contribution is -2.56. The molecule has 0 saturated carbocycles. The molecule has 0 bridgehead atoms. The molecule has 0 fully saturated rings. The van der Waals surface area contributed by atoms with Crippen molar-refractivity contribution in [2.24, 2.45) is 0 Å². The van der Waals surface area contributed by atoms with Crippen LogP contribution in [0.1, 0.15) is 13.8 Å². The number of quaternary nitrogens is 1. The normalized spacial score (nSPS) is 10.7. The second-order valence-electron chi connectivity index (χ2n) is 5.67. The van der Waals surface area contributed by atoms with Crippen molar-refractivity contribution >= 4 is 17.8 Å². The Labute approximate surface area is 131 Å². The molecule has 0 radical (unpaired) electrons. The molecule has 0 aromatic rings. The highest BCUT2D eigenvalue weighted by atomic mass is 16.4. The van der Waals surface area contributed by atoms with Gasteiger partial charge in [0, 0.05) is 11.1 Å². The van der Waals surface area contributed by atoms with Crippen molar-refractivity contribution in [2.45, 2.75) is 13.8 Å². The molecule has 124 valence electrons. The molecule has 22 heavy (non-hydrogen) atoms. The summed E-state index contributed by atoms with van der Waals surface area (Å²) >= 11 is 0. The molecular formula is C15H25N3O4. The number of carbonyl (C=O) groups excluding carboxylic acids is 3. The Hall–Kier alpha value is -2.15. The van der Waals surface area contributed by atoms with Gasteiger partial charge >= 0.3 is 0 Å². The summed E-state index contributed by atoms with van der Waals surface area (Å²) in [6.45, 7) is 11.5. The number of nitrogens with zero attached hydrogens (tertiary/aromatic N) is 1. The molecule has 0 aromatic carbocycles. The number of amides is 2. The minimum atomic E-state index is -1.18. The average molecular weight is 311 g/mol. The van der Waals surface area contributed by atoms with Crippen molar-refractivity contribution in [1.82, 2.24) is 10.6 Å². The third-order valence-corrected chi connectivity index (χ3v) is 3.16. The van der Waals surface area contributed by atoms with E-state index in [0.717, 1.165) is 0 Å². The first-order valence-electron chi connectivity index (χ1n) is 6.98. The highest BCUT2D eigenvalue weighted by Gasteiger charge is 2.22. The van der Waals surface area contributed by atoms with Gasteiger partial charge in [0.15, 0.2) is 0 Å². The van der Waals surface area contributed by atoms with E-state index >= 15 is 0 Å². The van der Waals surface area contributed by atoms with Crippen LogP contribution in [-0.4, -0.2) is 62.0 Å². The number of carboxylic acids is 1. The summed E-state index contributed by atoms with van der Waals surface area (Å²) in [4.78, 5) is 33.7. The van der Waals surface area contributed by atoms with Crippen LogP contribution in [0.25, 0.3) is 0 Å². The molecule has 0 rings (SSSR count). The topological polar surface area (TPSA) is 98.3 Å². The van der Waals surface area contributed by atoms with E-state index in [1.54, 1.807) is 20.9 Å². The Kier molecular flexibility index (Phi) is 8.11. The van der Waals surface area contributed by atoms with E-state index < -0.39 is 5.97 Å². The summed E-state index contributed by atoms with van der Waals surface area (Å²) in [5.41, 5.74) is 0.783. The Bertz CT molecular complexity index is 439. The van der Waals surface area contributed by atoms with Crippen LogP contribution in [0.5, 0.6) is 0 Å². The van der Waals surface area contributed by atoms with Crippen molar-refractivity contribution in [3.63, 3.8) is 0 Å². The first-order valence-corrected chi connectivity index (χ1v) is 6.98. The summed E-state index contributed by atoms with van der Waals surface area (Å²) in [6.07, 6.45) is 0. The quantitative estimate of drug-likeness (QED) is 0.382. The molecule has 0 unspecified atom stereocenters. The van der Waals surface area contributed by atoms with E-state index in [2.05, 4.69) is 23.8 Å². The monoisotopic (exact) mass is 311 g/mol. The molecule has 7 nitrogen and oxygen atoms in total. The molecule has 0 saturated heterocycles. The van der Waals surface area contributed by atoms with Gasteiger partial charge in [-0.25, -0.2) is 0 Å². The zero-order valence-corrected chi connectivity index (χ0v) is 13.5. The van der Waals surface area contributed by atoms with Crippen molar-refractivity contribution < 1.29 is 24.0 Å². The van der Waals surface area contributed by atoms with Crippen LogP contribution in [-0.2, 0) is 14.4 Å². The number of hydrogen-bond donors (Lipinski definition) is 2. The van der Waals surface area contributed by atoms with E-state index in [1.165, 1.54) is 0 Å². The Morgan fingerprint density at radius 1 is 0.955 bits per heavy atom. The van der Waals surface area contributed by atoms with Gasteiger partial charge in [0.05, 0.1) is 39.2 Å². The van der Waals surface area contributed by atoms with E-state index in [4.69, 9.17) is 0 Å². The Morgan fingerprint density at radius 3 is 1.59 bits per heavy atom. The summed E-state index contributed by atoms with van der Waals surface area (Å²) in [6, 6.07) is 0. The molecule has 0 atom stereocenters. The van der Waals surface area contributed by atoms with Crippen LogP contribution in [0.15, 0.2) is 24.3 Å². The molecule has 0 aliphatic carbocycles. The smallest absolute Gasteiger partial charge is 0.246 e. The van der Waals surface area contributed by atoms with Crippen molar-refractivity contribution in [2.75, 3.05) is 39.8 Å². The second kappa shape index (κ2) is 8.99. The molecule has 0 aliphatic rings. The highest BCUT2D eigenvalue weighted by Crippen LogP contribution is 2.00. The maximum atomic E-state index is 11.4. The lowest BCUT2D eigenvalue weighted by Gasteiger charge is -2.35. The van der Waals surface area contributed by atoms with E-state index in [1.807, 2.05) is 0 Å². The fourth-order valence-electron chi connectivity index (χ4n) is 1.76. The van der Waals surface area contributed by atoms with Gasteiger partial charge in [0.2, 0.25) is 11.8 Å². The maximum Gasteiger partial charge on any atom is 0.246 e. The fourth-order valence-corrected chi connectivity index (χ4v) is 1.76. The van der Waals surface area contributed by atoms with Crippen LogP contribution in [0.4, 0.5) is 0 Å². The molecule has 0 aromatic heterocycles. The first-order chi connectivity index (χ1) is 10.1. The predicted molar refractivity (Wildman–Crippen MR) is 81.4 cm³/mol. The Balaban J connectivity index is 4.48. The lowest BCUT2D eigenvalue weighted by molar-refractivity contribution is -0.901. The maximum absolute atomic E-state index is 11.4. The van der Waals surface area contributed by atoms with Gasteiger partial charge in [-0.05, 0) is 13.8 Å². The van der Waals surface area contributed by atoms with E-state index in [0.29, 0.717) is 37.3 Å². The molecule has 0 heterocycles. The van der Waals surface area contributed by atoms with E-state index in [9.17, 15) is 19.5 Å². The predicted octanol–water partition coefficient (Wildman–Crippen LogP) is -1.43. The highest BCUT2D eigenvalue weighted by molar-refractivity contribution is 5.92. The number of carbonyl (C=O) groups is 3. The van der Waals surface area contributed by atoms with Gasteiger partial charge in [-0.2, -0.15) is 0 Å². The summed E-state index contributed by atoms with van der Waals surface area (Å²) in [7, 11) is 1.73. The van der Waals surface area contributed by atoms with Crippen molar-refractivity contribution in [3.05, 3.63) is 24.3 Å². The molecule has 7 heteroatoms. The standard InChI is InChI=1S/C15H25N3O4/c1-11(2)14(21)16-6-8-18(5,10-13(19)20)9-7-17-15(22)12(3)4/h1,3,6-10H2,2,4-5H3,(H2-,16,17,19,20,21,22). The molecule has 2 N–H and O–H groups in total. The molecule has 0 aliphatic heterocycles. The minimum absolute atomic E-state index is 0.134. The van der Waals surface area contributed by atoms with Crippen LogP contribution in [0.3, 0.4) is 0 Å². The molecule has 2 amide bonds. The fraction of sp³-hybridized carbons (Fsp3) is 0.533. The zero-order valence-electron chi connectivity index (χ0n) is 13.5. The number of rotatable bonds is 10. The first kappa shape index (κ1) is 19.9. The summed E-state index contributed by atoms with van der Waals surface area (Å²) in [5, 5.41) is 16.2. The minimum Gasteiger partial charge on any atom is -0.544 e. The number of likely N-dealkylation sites (N-methyl/N-ethyl adjacent to an activating group) is 1. The van der Waals surface area contributed by atoms with Gasteiger partial charge < -0.3 is 25.0 Å². The largest absolute Gasteiger partial charge is 0.544 e. The van der Waals surface area contributed by atoms with Crippen LogP contribution >= 0.6 is 0 Å². The lowest BCUT2D eigenvalue weighted by atomic mass is 10.3. The van der Waals surface area contributed by atoms with Gasteiger partial charge in [-0.15, -0.1) is 0 Å². The van der Waals surface area contributed by atoms with Crippen molar-refractivity contribution in [1.29, 1.82) is 0 Å². The van der Waals surface area contributed by atoms with Crippen molar-refractivity contribution in [3.8, 4) is 0 Å². The third-order valence-electron chi connectivity index (χ3n) is 3.16. The third kappa shape index (κ3) is 8.21. The number of aliphatic carboxylic acids is 1. The van der Waals surface area contributed by atoms with Gasteiger partial charge in [-0.1, -0.05) is 13.2 Å². The SMILES string of the molecule is C=C(C)C(=O)NCC[N+](C)(CCNC(=O)C(=C)C)CC(=O)[O-]. The molecular weight excluding hydrogens is 286 g/mol. The molecule has 0 spiro atoms. The van der Waals surface area contributed by atoms with Gasteiger partial charge in [0.25, 0.3) is 0 Å². The van der Waals surface area contributed by atoms with Crippen LogP contribution in [0.2, 0.25) is 0 Å². The van der Waals surface area contributed by atoms with Crippen LogP contribution in [0, 0.1) is 0 Å².